The summed E-state index contributed by atoms with van der Waals surface area (Å²) in [7, 11) is 0. The maximum absolute atomic E-state index is 14.8. The number of hydrogen-bond donors (Lipinski definition) is 1. The van der Waals surface area contributed by atoms with Gasteiger partial charge in [0.1, 0.15) is 24.1 Å². The summed E-state index contributed by atoms with van der Waals surface area (Å²) in [6, 6.07) is 12.4. The third kappa shape index (κ3) is 3.79. The molecule has 11 heteroatoms. The van der Waals surface area contributed by atoms with Gasteiger partial charge in [0.25, 0.3) is 0 Å². The summed E-state index contributed by atoms with van der Waals surface area (Å²) >= 11 is 0. The van der Waals surface area contributed by atoms with Crippen molar-refractivity contribution < 1.29 is 14.3 Å². The van der Waals surface area contributed by atoms with Crippen LogP contribution in [0.25, 0.3) is 5.69 Å². The number of amides is 2. The van der Waals surface area contributed by atoms with Crippen LogP contribution in [0.2, 0.25) is 0 Å². The molecule has 5 rings (SSSR count). The fourth-order valence-corrected chi connectivity index (χ4v) is 4.36. The van der Waals surface area contributed by atoms with Crippen LogP contribution in [0.15, 0.2) is 73.6 Å². The molecule has 0 spiro atoms. The molecule has 0 aliphatic carbocycles. The minimum atomic E-state index is -1.73. The van der Waals surface area contributed by atoms with Gasteiger partial charge in [-0.3, -0.25) is 4.90 Å². The lowest BCUT2D eigenvalue weighted by Crippen LogP contribution is -2.53. The summed E-state index contributed by atoms with van der Waals surface area (Å²) in [5, 5.41) is 23.7. The van der Waals surface area contributed by atoms with Crippen LogP contribution < -0.4 is 4.90 Å². The third-order valence-corrected chi connectivity index (χ3v) is 6.26. The monoisotopic (exact) mass is 462 g/mol. The highest BCUT2D eigenvalue weighted by atomic mass is 19.1. The zero-order valence-electron chi connectivity index (χ0n) is 18.4. The summed E-state index contributed by atoms with van der Waals surface area (Å²) in [5.41, 5.74) is -0.0997. The fourth-order valence-electron chi connectivity index (χ4n) is 4.36. The lowest BCUT2D eigenvalue weighted by molar-refractivity contribution is -0.0474. The Hall–Kier alpha value is -4.12. The number of carbonyl (C=O) groups excluding carboxylic acids is 1. The van der Waals surface area contributed by atoms with Crippen molar-refractivity contribution in [2.45, 2.75) is 25.1 Å². The highest BCUT2D eigenvalue weighted by Crippen LogP contribution is 2.34. The van der Waals surface area contributed by atoms with E-state index in [9.17, 15) is 14.3 Å². The minimum absolute atomic E-state index is 0.0640. The summed E-state index contributed by atoms with van der Waals surface area (Å²) in [4.78, 5) is 20.5. The first kappa shape index (κ1) is 21.7. The van der Waals surface area contributed by atoms with Gasteiger partial charge in [-0.15, -0.1) is 5.10 Å². The van der Waals surface area contributed by atoms with E-state index >= 15 is 0 Å². The van der Waals surface area contributed by atoms with Gasteiger partial charge in [-0.05, 0) is 37.3 Å². The molecule has 2 atom stereocenters. The van der Waals surface area contributed by atoms with E-state index in [-0.39, 0.29) is 18.1 Å². The number of carbonyl (C=O) groups is 1. The number of anilines is 1. The second kappa shape index (κ2) is 8.67. The van der Waals surface area contributed by atoms with Gasteiger partial charge in [-0.25, -0.2) is 23.5 Å². The van der Waals surface area contributed by atoms with Crippen LogP contribution in [0, 0.1) is 5.82 Å². The van der Waals surface area contributed by atoms with E-state index in [2.05, 4.69) is 20.4 Å². The number of benzene rings is 2. The number of hydrogen-bond acceptors (Lipinski definition) is 6. The first-order valence-electron chi connectivity index (χ1n) is 10.8. The Morgan fingerprint density at radius 3 is 2.56 bits per heavy atom. The maximum atomic E-state index is 14.8. The average Bonchev–Trinajstić information content (AvgIpc) is 3.62. The zero-order chi connectivity index (χ0) is 23.7. The zero-order valence-corrected chi connectivity index (χ0v) is 18.4. The highest BCUT2D eigenvalue weighted by Gasteiger charge is 2.46. The molecule has 174 valence electrons. The first-order valence-corrected chi connectivity index (χ1v) is 10.8. The maximum Gasteiger partial charge on any atom is 0.324 e. The van der Waals surface area contributed by atoms with Crippen LogP contribution in [0.1, 0.15) is 12.5 Å². The molecule has 10 nitrogen and oxygen atoms in total. The lowest BCUT2D eigenvalue weighted by atomic mass is 9.85. The molecule has 1 aliphatic heterocycles. The summed E-state index contributed by atoms with van der Waals surface area (Å²) in [5.74, 6) is -0.552. The van der Waals surface area contributed by atoms with Gasteiger partial charge < -0.3 is 10.0 Å². The topological polar surface area (TPSA) is 105 Å². The predicted molar refractivity (Wildman–Crippen MR) is 121 cm³/mol. The van der Waals surface area contributed by atoms with Gasteiger partial charge in [-0.2, -0.15) is 5.10 Å². The Bertz CT molecular complexity index is 1260. The molecule has 1 saturated heterocycles. The SMILES string of the molecule is C[C@@H](N1CCN(c2ccc(-n3ccnn3)cc2)C1=O)[C@](O)(Cn1cncn1)c1ccccc1F. The molecular formula is C23H23FN8O2. The number of urea groups is 1. The number of nitrogens with zero attached hydrogens (tertiary/aromatic N) is 8. The van der Waals surface area contributed by atoms with Crippen molar-refractivity contribution in [3.63, 3.8) is 0 Å². The van der Waals surface area contributed by atoms with E-state index in [0.717, 1.165) is 5.69 Å². The molecule has 3 heterocycles. The van der Waals surface area contributed by atoms with Gasteiger partial charge in [0.05, 0.1) is 30.7 Å². The van der Waals surface area contributed by atoms with Crippen LogP contribution in [-0.2, 0) is 12.1 Å². The first-order chi connectivity index (χ1) is 16.5. The van der Waals surface area contributed by atoms with Crippen LogP contribution in [0.4, 0.5) is 14.9 Å². The minimum Gasteiger partial charge on any atom is -0.381 e. The van der Waals surface area contributed by atoms with E-state index < -0.39 is 17.5 Å². The van der Waals surface area contributed by atoms with Crippen LogP contribution >= 0.6 is 0 Å². The summed E-state index contributed by atoms with van der Waals surface area (Å²) in [6.45, 7) is 2.46. The molecule has 0 unspecified atom stereocenters. The van der Waals surface area contributed by atoms with Crippen LogP contribution in [0.3, 0.4) is 0 Å². The largest absolute Gasteiger partial charge is 0.381 e. The lowest BCUT2D eigenvalue weighted by Gasteiger charge is -2.39. The van der Waals surface area contributed by atoms with E-state index in [1.807, 2.05) is 24.3 Å². The van der Waals surface area contributed by atoms with Crippen molar-refractivity contribution in [3.8, 4) is 5.69 Å². The normalized spacial score (nSPS) is 16.6. The summed E-state index contributed by atoms with van der Waals surface area (Å²) in [6.07, 6.45) is 6.12. The van der Waals surface area contributed by atoms with E-state index in [4.69, 9.17) is 0 Å². The number of aliphatic hydroxyl groups is 1. The van der Waals surface area contributed by atoms with Crippen molar-refractivity contribution in [1.82, 2.24) is 34.7 Å². The Labute approximate surface area is 194 Å². The predicted octanol–water partition coefficient (Wildman–Crippen LogP) is 2.22. The molecule has 2 amide bonds. The van der Waals surface area contributed by atoms with Crippen molar-refractivity contribution in [1.29, 1.82) is 0 Å². The second-order valence-corrected chi connectivity index (χ2v) is 8.16. The van der Waals surface area contributed by atoms with Crippen molar-refractivity contribution >= 4 is 11.7 Å². The average molecular weight is 462 g/mol. The smallest absolute Gasteiger partial charge is 0.324 e. The van der Waals surface area contributed by atoms with Gasteiger partial charge in [0, 0.05) is 24.3 Å². The van der Waals surface area contributed by atoms with E-state index in [1.165, 1.54) is 29.5 Å². The number of halogens is 1. The second-order valence-electron chi connectivity index (χ2n) is 8.16. The van der Waals surface area contributed by atoms with Crippen molar-refractivity contribution in [3.05, 3.63) is 85.0 Å². The fraction of sp³-hybridized carbons (Fsp3) is 0.261. The van der Waals surface area contributed by atoms with Gasteiger partial charge in [0.2, 0.25) is 0 Å². The highest BCUT2D eigenvalue weighted by molar-refractivity contribution is 5.94. The molecule has 1 fully saturated rings. The third-order valence-electron chi connectivity index (χ3n) is 6.26. The van der Waals surface area contributed by atoms with E-state index in [1.54, 1.807) is 45.9 Å². The molecule has 2 aromatic heterocycles. The van der Waals surface area contributed by atoms with Gasteiger partial charge in [0.15, 0.2) is 0 Å². The van der Waals surface area contributed by atoms with Crippen molar-refractivity contribution in [2.75, 3.05) is 18.0 Å². The van der Waals surface area contributed by atoms with E-state index in [0.29, 0.717) is 18.8 Å². The van der Waals surface area contributed by atoms with Gasteiger partial charge >= 0.3 is 6.03 Å². The molecular weight excluding hydrogens is 439 g/mol. The Balaban J connectivity index is 1.42. The van der Waals surface area contributed by atoms with Crippen LogP contribution in [-0.4, -0.2) is 64.9 Å². The Morgan fingerprint density at radius 1 is 1.12 bits per heavy atom. The molecule has 1 aliphatic rings. The molecule has 0 radical (unpaired) electrons. The Kier molecular flexibility index (Phi) is 5.54. The molecule has 34 heavy (non-hydrogen) atoms. The summed E-state index contributed by atoms with van der Waals surface area (Å²) < 4.78 is 17.9. The number of aromatic nitrogens is 6. The Morgan fingerprint density at radius 2 is 1.88 bits per heavy atom. The van der Waals surface area contributed by atoms with Crippen LogP contribution in [0.5, 0.6) is 0 Å². The van der Waals surface area contributed by atoms with Gasteiger partial charge in [-0.1, -0.05) is 23.4 Å². The quantitative estimate of drug-likeness (QED) is 0.452. The molecule has 1 N–H and O–H groups in total. The standard InChI is InChI=1S/C23H23FN8O2/c1-17(23(34,14-29-16-25-15-27-29)20-4-2-3-5-21(20)24)30-12-13-31(22(30)33)18-6-8-19(9-7-18)32-11-10-26-28-32/h2-11,15-17,34H,12-14H2,1H3/t17-,23-/m1/s1. The molecule has 4 aromatic rings. The molecule has 0 saturated carbocycles. The van der Waals surface area contributed by atoms with Crippen molar-refractivity contribution in [2.24, 2.45) is 0 Å². The molecule has 2 aromatic carbocycles. The molecule has 0 bridgehead atoms. The number of rotatable bonds is 7.